The quantitative estimate of drug-likeness (QED) is 0.809. The summed E-state index contributed by atoms with van der Waals surface area (Å²) in [5.74, 6) is -0.239. The van der Waals surface area contributed by atoms with Crippen molar-refractivity contribution < 1.29 is 8.78 Å². The van der Waals surface area contributed by atoms with Crippen molar-refractivity contribution in [3.8, 4) is 0 Å². The molecule has 0 fully saturated rings. The van der Waals surface area contributed by atoms with Gasteiger partial charge < -0.3 is 5.32 Å². The Kier molecular flexibility index (Phi) is 4.87. The van der Waals surface area contributed by atoms with Crippen molar-refractivity contribution >= 4 is 0 Å². The standard InChI is InChI=1S/C13H19F2N/c1-4-13(16-8-9(2)3)11-7-10(14)5-6-12(11)15/h5-7,9,13,16H,4,8H2,1-3H3. The average molecular weight is 227 g/mol. The van der Waals surface area contributed by atoms with Crippen LogP contribution < -0.4 is 5.32 Å². The zero-order chi connectivity index (χ0) is 12.1. The molecule has 0 aliphatic carbocycles. The van der Waals surface area contributed by atoms with Gasteiger partial charge >= 0.3 is 0 Å². The molecule has 0 aliphatic rings. The normalized spacial score (nSPS) is 13.1. The van der Waals surface area contributed by atoms with Gasteiger partial charge in [-0.05, 0) is 37.1 Å². The number of hydrogen-bond donors (Lipinski definition) is 1. The van der Waals surface area contributed by atoms with Crippen LogP contribution in [0.1, 0.15) is 38.8 Å². The minimum atomic E-state index is -0.388. The van der Waals surface area contributed by atoms with Crippen molar-refractivity contribution in [2.24, 2.45) is 5.92 Å². The van der Waals surface area contributed by atoms with Gasteiger partial charge in [-0.2, -0.15) is 0 Å². The van der Waals surface area contributed by atoms with Crippen LogP contribution in [0.2, 0.25) is 0 Å². The summed E-state index contributed by atoms with van der Waals surface area (Å²) < 4.78 is 26.6. The molecule has 1 rings (SSSR count). The lowest BCUT2D eigenvalue weighted by molar-refractivity contribution is 0.446. The molecule has 1 unspecified atom stereocenters. The third-order valence-corrected chi connectivity index (χ3v) is 2.51. The predicted octanol–water partition coefficient (Wildman–Crippen LogP) is 3.66. The van der Waals surface area contributed by atoms with Gasteiger partial charge in [0.05, 0.1) is 0 Å². The molecule has 1 nitrogen and oxygen atoms in total. The molecule has 0 saturated carbocycles. The highest BCUT2D eigenvalue weighted by Crippen LogP contribution is 2.21. The molecule has 1 aromatic rings. The molecule has 0 saturated heterocycles. The summed E-state index contributed by atoms with van der Waals surface area (Å²) in [6, 6.07) is 3.49. The fraction of sp³-hybridized carbons (Fsp3) is 0.538. The summed E-state index contributed by atoms with van der Waals surface area (Å²) in [6.07, 6.45) is 0.743. The van der Waals surface area contributed by atoms with Crippen molar-refractivity contribution in [3.63, 3.8) is 0 Å². The van der Waals surface area contributed by atoms with Crippen LogP contribution in [0.25, 0.3) is 0 Å². The molecule has 1 aromatic carbocycles. The molecule has 0 bridgehead atoms. The molecule has 0 radical (unpaired) electrons. The van der Waals surface area contributed by atoms with Gasteiger partial charge in [0, 0.05) is 11.6 Å². The second-order valence-electron chi connectivity index (χ2n) is 4.43. The number of halogens is 2. The van der Waals surface area contributed by atoms with Gasteiger partial charge in [-0.3, -0.25) is 0 Å². The van der Waals surface area contributed by atoms with Crippen molar-refractivity contribution in [3.05, 3.63) is 35.4 Å². The molecule has 0 amide bonds. The molecule has 0 aliphatic heterocycles. The molecular formula is C13H19F2N. The summed E-state index contributed by atoms with van der Waals surface area (Å²) in [5.41, 5.74) is 0.420. The SMILES string of the molecule is CCC(NCC(C)C)c1cc(F)ccc1F. The maximum atomic E-state index is 13.5. The van der Waals surface area contributed by atoms with Crippen LogP contribution in [-0.2, 0) is 0 Å². The van der Waals surface area contributed by atoms with E-state index in [9.17, 15) is 8.78 Å². The van der Waals surface area contributed by atoms with Gasteiger partial charge in [-0.1, -0.05) is 20.8 Å². The molecule has 0 aromatic heterocycles. The van der Waals surface area contributed by atoms with Crippen molar-refractivity contribution in [1.29, 1.82) is 0 Å². The molecule has 16 heavy (non-hydrogen) atoms. The van der Waals surface area contributed by atoms with E-state index in [4.69, 9.17) is 0 Å². The topological polar surface area (TPSA) is 12.0 Å². The second-order valence-corrected chi connectivity index (χ2v) is 4.43. The van der Waals surface area contributed by atoms with E-state index < -0.39 is 0 Å². The van der Waals surface area contributed by atoms with Gasteiger partial charge in [0.2, 0.25) is 0 Å². The molecule has 3 heteroatoms. The van der Waals surface area contributed by atoms with Crippen LogP contribution >= 0.6 is 0 Å². The summed E-state index contributed by atoms with van der Waals surface area (Å²) in [7, 11) is 0. The van der Waals surface area contributed by atoms with E-state index >= 15 is 0 Å². The van der Waals surface area contributed by atoms with Crippen LogP contribution in [0, 0.1) is 17.6 Å². The number of nitrogens with one attached hydrogen (secondary N) is 1. The Labute approximate surface area is 95.9 Å². The Balaban J connectivity index is 2.81. The fourth-order valence-corrected chi connectivity index (χ4v) is 1.63. The fourth-order valence-electron chi connectivity index (χ4n) is 1.63. The lowest BCUT2D eigenvalue weighted by atomic mass is 10.0. The van der Waals surface area contributed by atoms with E-state index in [-0.39, 0.29) is 17.7 Å². The number of benzene rings is 1. The monoisotopic (exact) mass is 227 g/mol. The first kappa shape index (κ1) is 13.1. The van der Waals surface area contributed by atoms with E-state index in [2.05, 4.69) is 19.2 Å². The van der Waals surface area contributed by atoms with Crippen LogP contribution in [-0.4, -0.2) is 6.54 Å². The van der Waals surface area contributed by atoms with Crippen molar-refractivity contribution in [2.75, 3.05) is 6.54 Å². The van der Waals surface area contributed by atoms with Gasteiger partial charge in [0.25, 0.3) is 0 Å². The molecule has 0 heterocycles. The van der Waals surface area contributed by atoms with Crippen LogP contribution in [0.5, 0.6) is 0 Å². The lowest BCUT2D eigenvalue weighted by Crippen LogP contribution is -2.25. The largest absolute Gasteiger partial charge is 0.310 e. The average Bonchev–Trinajstić information content (AvgIpc) is 2.23. The molecule has 1 atom stereocenters. The van der Waals surface area contributed by atoms with E-state index in [1.54, 1.807) is 0 Å². The molecule has 0 spiro atoms. The number of rotatable bonds is 5. The van der Waals surface area contributed by atoms with Gasteiger partial charge in [-0.15, -0.1) is 0 Å². The first-order valence-electron chi connectivity index (χ1n) is 5.73. The van der Waals surface area contributed by atoms with E-state index in [1.807, 2.05) is 6.92 Å². The summed E-state index contributed by atoms with van der Waals surface area (Å²) in [5, 5.41) is 3.25. The van der Waals surface area contributed by atoms with Crippen molar-refractivity contribution in [2.45, 2.75) is 33.2 Å². The minimum absolute atomic E-state index is 0.113. The smallest absolute Gasteiger partial charge is 0.128 e. The molecule has 1 N–H and O–H groups in total. The third kappa shape index (κ3) is 3.56. The van der Waals surface area contributed by atoms with Gasteiger partial charge in [0.15, 0.2) is 0 Å². The van der Waals surface area contributed by atoms with Crippen LogP contribution in [0.4, 0.5) is 8.78 Å². The zero-order valence-corrected chi connectivity index (χ0v) is 10.1. The van der Waals surface area contributed by atoms with E-state index in [1.165, 1.54) is 12.1 Å². The highest BCUT2D eigenvalue weighted by atomic mass is 19.1. The predicted molar refractivity (Wildman–Crippen MR) is 62.2 cm³/mol. The minimum Gasteiger partial charge on any atom is -0.310 e. The molecular weight excluding hydrogens is 208 g/mol. The Morgan fingerprint density at radius 2 is 1.94 bits per heavy atom. The summed E-state index contributed by atoms with van der Waals surface area (Å²) >= 11 is 0. The Hall–Kier alpha value is -0.960. The summed E-state index contributed by atoms with van der Waals surface area (Å²) in [4.78, 5) is 0. The van der Waals surface area contributed by atoms with Crippen LogP contribution in [0.3, 0.4) is 0 Å². The second kappa shape index (κ2) is 5.94. The zero-order valence-electron chi connectivity index (χ0n) is 10.1. The lowest BCUT2D eigenvalue weighted by Gasteiger charge is -2.19. The number of hydrogen-bond acceptors (Lipinski definition) is 1. The van der Waals surface area contributed by atoms with Gasteiger partial charge in [-0.25, -0.2) is 8.78 Å². The maximum absolute atomic E-state index is 13.5. The molecule has 90 valence electrons. The maximum Gasteiger partial charge on any atom is 0.128 e. The first-order chi connectivity index (χ1) is 7.54. The summed E-state index contributed by atoms with van der Waals surface area (Å²) in [6.45, 7) is 6.93. The third-order valence-electron chi connectivity index (χ3n) is 2.51. The highest BCUT2D eigenvalue weighted by molar-refractivity contribution is 5.22. The van der Waals surface area contributed by atoms with Crippen LogP contribution in [0.15, 0.2) is 18.2 Å². The first-order valence-corrected chi connectivity index (χ1v) is 5.73. The van der Waals surface area contributed by atoms with Crippen molar-refractivity contribution in [1.82, 2.24) is 5.32 Å². The Morgan fingerprint density at radius 1 is 1.25 bits per heavy atom. The highest BCUT2D eigenvalue weighted by Gasteiger charge is 2.14. The van der Waals surface area contributed by atoms with E-state index in [0.29, 0.717) is 11.5 Å². The van der Waals surface area contributed by atoms with E-state index in [0.717, 1.165) is 19.0 Å². The Morgan fingerprint density at radius 3 is 2.50 bits per heavy atom. The van der Waals surface area contributed by atoms with Gasteiger partial charge in [0.1, 0.15) is 11.6 Å². The Bertz CT molecular complexity index is 337.